The minimum atomic E-state index is 0.0915. The number of hydrogen-bond acceptors (Lipinski definition) is 4. The van der Waals surface area contributed by atoms with Crippen LogP contribution >= 0.6 is 0 Å². The number of nitrogens with two attached hydrogens (primary N) is 2. The van der Waals surface area contributed by atoms with Crippen molar-refractivity contribution in [2.45, 2.75) is 24.7 Å². The lowest BCUT2D eigenvalue weighted by molar-refractivity contribution is 0.251. The van der Waals surface area contributed by atoms with E-state index < -0.39 is 0 Å². The molecule has 0 spiro atoms. The summed E-state index contributed by atoms with van der Waals surface area (Å²) in [6.07, 6.45) is 3.48. The van der Waals surface area contributed by atoms with Gasteiger partial charge in [-0.25, -0.2) is 0 Å². The van der Waals surface area contributed by atoms with Gasteiger partial charge in [0.15, 0.2) is 0 Å². The van der Waals surface area contributed by atoms with Crippen LogP contribution in [-0.4, -0.2) is 20.8 Å². The van der Waals surface area contributed by atoms with Gasteiger partial charge in [-0.15, -0.1) is 0 Å². The fourth-order valence-corrected chi connectivity index (χ4v) is 2.46. The van der Waals surface area contributed by atoms with E-state index in [1.54, 1.807) is 14.2 Å². The Hall–Kier alpha value is -1.42. The van der Waals surface area contributed by atoms with Crippen LogP contribution in [0.3, 0.4) is 0 Å². The zero-order valence-electron chi connectivity index (χ0n) is 10.5. The zero-order chi connectivity index (χ0) is 12.5. The Labute approximate surface area is 102 Å². The molecule has 0 bridgehead atoms. The molecule has 0 aromatic heterocycles. The average molecular weight is 236 g/mol. The molecule has 0 unspecified atom stereocenters. The first-order valence-corrected chi connectivity index (χ1v) is 5.89. The van der Waals surface area contributed by atoms with Crippen molar-refractivity contribution < 1.29 is 9.47 Å². The highest BCUT2D eigenvalue weighted by molar-refractivity contribution is 5.65. The topological polar surface area (TPSA) is 70.5 Å². The smallest absolute Gasteiger partial charge is 0.145 e. The third-order valence-electron chi connectivity index (χ3n) is 3.86. The maximum Gasteiger partial charge on any atom is 0.145 e. The van der Waals surface area contributed by atoms with Gasteiger partial charge in [0.2, 0.25) is 0 Å². The fraction of sp³-hybridized carbons (Fsp3) is 0.538. The molecule has 94 valence electrons. The van der Waals surface area contributed by atoms with Crippen LogP contribution in [0.1, 0.15) is 24.8 Å². The van der Waals surface area contributed by atoms with E-state index in [9.17, 15) is 0 Å². The van der Waals surface area contributed by atoms with Gasteiger partial charge < -0.3 is 20.9 Å². The average Bonchev–Trinajstić information content (AvgIpc) is 2.30. The minimum Gasteiger partial charge on any atom is -0.494 e. The van der Waals surface area contributed by atoms with E-state index in [0.29, 0.717) is 23.7 Å². The van der Waals surface area contributed by atoms with Crippen LogP contribution in [-0.2, 0) is 5.41 Å². The summed E-state index contributed by atoms with van der Waals surface area (Å²) < 4.78 is 10.6. The van der Waals surface area contributed by atoms with Gasteiger partial charge in [-0.3, -0.25) is 0 Å². The SMILES string of the molecule is COc1cc(C2(CN)CCC2)cc(OC)c1N. The van der Waals surface area contributed by atoms with E-state index in [0.717, 1.165) is 12.8 Å². The van der Waals surface area contributed by atoms with Gasteiger partial charge in [-0.1, -0.05) is 6.42 Å². The van der Waals surface area contributed by atoms with Gasteiger partial charge in [0.25, 0.3) is 0 Å². The second-order valence-corrected chi connectivity index (χ2v) is 4.63. The molecule has 0 amide bonds. The Kier molecular flexibility index (Phi) is 3.15. The zero-order valence-corrected chi connectivity index (χ0v) is 10.5. The van der Waals surface area contributed by atoms with E-state index in [1.807, 2.05) is 12.1 Å². The quantitative estimate of drug-likeness (QED) is 0.780. The summed E-state index contributed by atoms with van der Waals surface area (Å²) in [5.74, 6) is 1.33. The highest BCUT2D eigenvalue weighted by atomic mass is 16.5. The molecule has 1 aliphatic carbocycles. The molecule has 0 heterocycles. The molecule has 2 rings (SSSR count). The van der Waals surface area contributed by atoms with Crippen LogP contribution in [0.2, 0.25) is 0 Å². The van der Waals surface area contributed by atoms with Crippen LogP contribution < -0.4 is 20.9 Å². The number of nitrogen functional groups attached to an aromatic ring is 1. The molecule has 0 aliphatic heterocycles. The Balaban J connectivity index is 2.47. The standard InChI is InChI=1S/C13H20N2O2/c1-16-10-6-9(7-11(17-2)12(10)15)13(8-14)4-3-5-13/h6-7H,3-5,8,14-15H2,1-2H3. The molecule has 1 fully saturated rings. The van der Waals surface area contributed by atoms with E-state index in [4.69, 9.17) is 20.9 Å². The fourth-order valence-electron chi connectivity index (χ4n) is 2.46. The largest absolute Gasteiger partial charge is 0.494 e. The maximum atomic E-state index is 5.94. The third-order valence-corrected chi connectivity index (χ3v) is 3.86. The van der Waals surface area contributed by atoms with Gasteiger partial charge in [0.05, 0.1) is 14.2 Å². The van der Waals surface area contributed by atoms with Gasteiger partial charge in [0.1, 0.15) is 17.2 Å². The van der Waals surface area contributed by atoms with Crippen molar-refractivity contribution in [1.29, 1.82) is 0 Å². The normalized spacial score (nSPS) is 17.4. The molecule has 0 saturated heterocycles. The molecule has 1 aliphatic rings. The highest BCUT2D eigenvalue weighted by Gasteiger charge is 2.38. The second kappa shape index (κ2) is 4.45. The number of methoxy groups -OCH3 is 2. The molecular formula is C13H20N2O2. The highest BCUT2D eigenvalue weighted by Crippen LogP contribution is 2.46. The maximum absolute atomic E-state index is 5.94. The van der Waals surface area contributed by atoms with Gasteiger partial charge in [-0.2, -0.15) is 0 Å². The van der Waals surface area contributed by atoms with E-state index >= 15 is 0 Å². The number of rotatable bonds is 4. The lowest BCUT2D eigenvalue weighted by Gasteiger charge is -2.41. The summed E-state index contributed by atoms with van der Waals surface area (Å²) in [4.78, 5) is 0. The van der Waals surface area contributed by atoms with Crippen LogP contribution in [0.5, 0.6) is 11.5 Å². The number of anilines is 1. The third kappa shape index (κ3) is 1.82. The Morgan fingerprint density at radius 2 is 1.71 bits per heavy atom. The summed E-state index contributed by atoms with van der Waals surface area (Å²) in [6.45, 7) is 0.656. The van der Waals surface area contributed by atoms with Crippen molar-refractivity contribution in [2.24, 2.45) is 5.73 Å². The first-order chi connectivity index (χ1) is 8.16. The molecule has 0 radical (unpaired) electrons. The number of hydrogen-bond donors (Lipinski definition) is 2. The van der Waals surface area contributed by atoms with Crippen LogP contribution in [0, 0.1) is 0 Å². The predicted octanol–water partition coefficient (Wildman–Crippen LogP) is 1.67. The molecule has 1 aromatic rings. The monoisotopic (exact) mass is 236 g/mol. The van der Waals surface area contributed by atoms with Crippen LogP contribution in [0.4, 0.5) is 5.69 Å². The first kappa shape index (κ1) is 12.0. The molecular weight excluding hydrogens is 216 g/mol. The summed E-state index contributed by atoms with van der Waals surface area (Å²) in [7, 11) is 3.23. The Morgan fingerprint density at radius 1 is 1.18 bits per heavy atom. The minimum absolute atomic E-state index is 0.0915. The molecule has 0 atom stereocenters. The summed E-state index contributed by atoms with van der Waals surface area (Å²) >= 11 is 0. The van der Waals surface area contributed by atoms with Crippen molar-refractivity contribution in [2.75, 3.05) is 26.5 Å². The van der Waals surface area contributed by atoms with Crippen molar-refractivity contribution in [3.8, 4) is 11.5 Å². The molecule has 4 heteroatoms. The van der Waals surface area contributed by atoms with E-state index in [1.165, 1.54) is 12.0 Å². The summed E-state index contributed by atoms with van der Waals surface area (Å²) in [5.41, 5.74) is 13.7. The molecule has 4 nitrogen and oxygen atoms in total. The first-order valence-electron chi connectivity index (χ1n) is 5.89. The summed E-state index contributed by atoms with van der Waals surface area (Å²) in [5, 5.41) is 0. The number of benzene rings is 1. The van der Waals surface area contributed by atoms with E-state index in [2.05, 4.69) is 0 Å². The van der Waals surface area contributed by atoms with Crippen molar-refractivity contribution in [3.05, 3.63) is 17.7 Å². The molecule has 1 aromatic carbocycles. The molecule has 1 saturated carbocycles. The van der Waals surface area contributed by atoms with Crippen LogP contribution in [0.15, 0.2) is 12.1 Å². The second-order valence-electron chi connectivity index (χ2n) is 4.63. The predicted molar refractivity (Wildman–Crippen MR) is 68.5 cm³/mol. The number of ether oxygens (including phenoxy) is 2. The Bertz CT molecular complexity index is 383. The van der Waals surface area contributed by atoms with Gasteiger partial charge >= 0.3 is 0 Å². The van der Waals surface area contributed by atoms with Crippen molar-refractivity contribution >= 4 is 5.69 Å². The lowest BCUT2D eigenvalue weighted by atomic mass is 9.64. The van der Waals surface area contributed by atoms with Crippen LogP contribution in [0.25, 0.3) is 0 Å². The lowest BCUT2D eigenvalue weighted by Crippen LogP contribution is -2.41. The van der Waals surface area contributed by atoms with Crippen molar-refractivity contribution in [1.82, 2.24) is 0 Å². The Morgan fingerprint density at radius 3 is 2.00 bits per heavy atom. The molecule has 4 N–H and O–H groups in total. The van der Waals surface area contributed by atoms with E-state index in [-0.39, 0.29) is 5.41 Å². The molecule has 17 heavy (non-hydrogen) atoms. The van der Waals surface area contributed by atoms with Gasteiger partial charge in [0, 0.05) is 12.0 Å². The van der Waals surface area contributed by atoms with Gasteiger partial charge in [-0.05, 0) is 30.5 Å². The summed E-state index contributed by atoms with van der Waals surface area (Å²) in [6, 6.07) is 3.98. The van der Waals surface area contributed by atoms with Crippen molar-refractivity contribution in [3.63, 3.8) is 0 Å².